The van der Waals surface area contributed by atoms with Crippen molar-refractivity contribution in [2.45, 2.75) is 45.4 Å². The number of hydrogen-bond donors (Lipinski definition) is 1. The molecule has 3 aromatic rings. The van der Waals surface area contributed by atoms with Gasteiger partial charge >= 0.3 is 0 Å². The van der Waals surface area contributed by atoms with Gasteiger partial charge in [-0.15, -0.1) is 0 Å². The van der Waals surface area contributed by atoms with E-state index in [0.717, 1.165) is 28.9 Å². The number of phenolic OH excluding ortho intramolecular Hbond substituents is 1. The minimum absolute atomic E-state index is 0.00191. The molecule has 5 nitrogen and oxygen atoms in total. The van der Waals surface area contributed by atoms with E-state index in [2.05, 4.69) is 45.0 Å². The molecular weight excluding hydrogens is 400 g/mol. The van der Waals surface area contributed by atoms with Crippen LogP contribution in [0.5, 0.6) is 5.75 Å². The molecule has 0 saturated heterocycles. The fourth-order valence-corrected chi connectivity index (χ4v) is 4.04. The highest BCUT2D eigenvalue weighted by atomic mass is 16.5. The Hall–Kier alpha value is -3.34. The molecule has 0 bridgehead atoms. The zero-order chi connectivity index (χ0) is 22.9. The predicted molar refractivity (Wildman–Crippen MR) is 126 cm³/mol. The van der Waals surface area contributed by atoms with Gasteiger partial charge in [0.1, 0.15) is 11.5 Å². The Morgan fingerprint density at radius 3 is 2.47 bits per heavy atom. The van der Waals surface area contributed by atoms with Crippen LogP contribution in [0.3, 0.4) is 0 Å². The highest BCUT2D eigenvalue weighted by molar-refractivity contribution is 5.80. The van der Waals surface area contributed by atoms with Gasteiger partial charge < -0.3 is 14.4 Å². The molecule has 0 saturated carbocycles. The SMILES string of the molecule is CCC1C=C(OC)C=CC1c1noc(-c2cc(C(C)(C)C)cc(-c3ccccc3)c2O)n1. The first kappa shape index (κ1) is 21.9. The Bertz CT molecular complexity index is 1150. The van der Waals surface area contributed by atoms with E-state index in [1.807, 2.05) is 48.5 Å². The minimum atomic E-state index is -0.115. The Morgan fingerprint density at radius 2 is 1.81 bits per heavy atom. The lowest BCUT2D eigenvalue weighted by Gasteiger charge is -2.22. The third-order valence-corrected chi connectivity index (χ3v) is 6.05. The number of ether oxygens (including phenoxy) is 1. The lowest BCUT2D eigenvalue weighted by atomic mass is 9.83. The first-order valence-corrected chi connectivity index (χ1v) is 11.0. The number of aromatic nitrogens is 2. The summed E-state index contributed by atoms with van der Waals surface area (Å²) in [5.74, 6) is 2.14. The van der Waals surface area contributed by atoms with Gasteiger partial charge in [-0.25, -0.2) is 0 Å². The fraction of sp³-hybridized carbons (Fsp3) is 0.333. The standard InChI is InChI=1S/C27H30N2O3/c1-6-17-14-20(31-5)12-13-21(17)25-28-26(32-29-25)23-16-19(27(2,3)4)15-22(24(23)30)18-10-8-7-9-11-18/h7-17,21,30H,6H2,1-5H3. The first-order chi connectivity index (χ1) is 15.3. The minimum Gasteiger partial charge on any atom is -0.506 e. The molecule has 5 heteroatoms. The molecular formula is C27H30N2O3. The first-order valence-electron chi connectivity index (χ1n) is 11.0. The van der Waals surface area contributed by atoms with E-state index >= 15 is 0 Å². The number of hydrogen-bond acceptors (Lipinski definition) is 5. The molecule has 32 heavy (non-hydrogen) atoms. The number of methoxy groups -OCH3 is 1. The van der Waals surface area contributed by atoms with Gasteiger partial charge in [-0.1, -0.05) is 69.3 Å². The fourth-order valence-electron chi connectivity index (χ4n) is 4.04. The summed E-state index contributed by atoms with van der Waals surface area (Å²) >= 11 is 0. The van der Waals surface area contributed by atoms with E-state index in [-0.39, 0.29) is 23.0 Å². The maximum absolute atomic E-state index is 11.2. The smallest absolute Gasteiger partial charge is 0.261 e. The largest absolute Gasteiger partial charge is 0.506 e. The monoisotopic (exact) mass is 430 g/mol. The van der Waals surface area contributed by atoms with Crippen LogP contribution < -0.4 is 0 Å². The second-order valence-corrected chi connectivity index (χ2v) is 9.22. The van der Waals surface area contributed by atoms with Gasteiger partial charge in [0.2, 0.25) is 0 Å². The maximum atomic E-state index is 11.2. The number of nitrogens with zero attached hydrogens (tertiary/aromatic N) is 2. The van der Waals surface area contributed by atoms with Crippen LogP contribution in [0.1, 0.15) is 51.4 Å². The third kappa shape index (κ3) is 4.20. The number of allylic oxidation sites excluding steroid dienone is 3. The van der Waals surface area contributed by atoms with Gasteiger partial charge in [0.05, 0.1) is 12.7 Å². The van der Waals surface area contributed by atoms with Crippen LogP contribution in [-0.2, 0) is 10.2 Å². The molecule has 1 aliphatic carbocycles. The zero-order valence-electron chi connectivity index (χ0n) is 19.3. The predicted octanol–water partition coefficient (Wildman–Crippen LogP) is 6.62. The van der Waals surface area contributed by atoms with E-state index < -0.39 is 0 Å². The molecule has 0 spiro atoms. The molecule has 0 amide bonds. The molecule has 1 aromatic heterocycles. The summed E-state index contributed by atoms with van der Waals surface area (Å²) in [6, 6.07) is 13.9. The third-order valence-electron chi connectivity index (χ3n) is 6.05. The number of benzene rings is 2. The van der Waals surface area contributed by atoms with Crippen molar-refractivity contribution in [3.8, 4) is 28.3 Å². The Balaban J connectivity index is 1.79. The summed E-state index contributed by atoms with van der Waals surface area (Å²) < 4.78 is 11.1. The van der Waals surface area contributed by atoms with Crippen molar-refractivity contribution in [2.75, 3.05) is 7.11 Å². The normalized spacial score (nSPS) is 18.5. The lowest BCUT2D eigenvalue weighted by molar-refractivity contribution is 0.296. The molecule has 0 radical (unpaired) electrons. The number of phenols is 1. The van der Waals surface area contributed by atoms with Crippen molar-refractivity contribution in [3.63, 3.8) is 0 Å². The number of aromatic hydroxyl groups is 1. The highest BCUT2D eigenvalue weighted by Crippen LogP contribution is 2.42. The molecule has 2 unspecified atom stereocenters. The average Bonchev–Trinajstić information content (AvgIpc) is 3.28. The van der Waals surface area contributed by atoms with Crippen molar-refractivity contribution in [2.24, 2.45) is 5.92 Å². The summed E-state index contributed by atoms with van der Waals surface area (Å²) in [6.07, 6.45) is 7.03. The Labute approximate surface area is 189 Å². The van der Waals surface area contributed by atoms with Gasteiger partial charge in [0.25, 0.3) is 5.89 Å². The molecule has 2 atom stereocenters. The van der Waals surface area contributed by atoms with Gasteiger partial charge in [0.15, 0.2) is 5.82 Å². The average molecular weight is 431 g/mol. The van der Waals surface area contributed by atoms with E-state index in [4.69, 9.17) is 14.2 Å². The van der Waals surface area contributed by atoms with E-state index in [0.29, 0.717) is 17.3 Å². The van der Waals surface area contributed by atoms with Gasteiger partial charge in [-0.2, -0.15) is 4.98 Å². The van der Waals surface area contributed by atoms with Crippen LogP contribution in [0.25, 0.3) is 22.6 Å². The summed E-state index contributed by atoms with van der Waals surface area (Å²) in [7, 11) is 1.67. The molecule has 0 fully saturated rings. The topological polar surface area (TPSA) is 68.4 Å². The summed E-state index contributed by atoms with van der Waals surface area (Å²) in [6.45, 7) is 8.58. The zero-order valence-corrected chi connectivity index (χ0v) is 19.3. The molecule has 1 N–H and O–H groups in total. The van der Waals surface area contributed by atoms with E-state index in [1.165, 1.54) is 0 Å². The molecule has 1 aliphatic rings. The van der Waals surface area contributed by atoms with Crippen LogP contribution >= 0.6 is 0 Å². The molecule has 0 aliphatic heterocycles. The molecule has 166 valence electrons. The lowest BCUT2D eigenvalue weighted by Crippen LogP contribution is -2.13. The van der Waals surface area contributed by atoms with Crippen molar-refractivity contribution < 1.29 is 14.4 Å². The quantitative estimate of drug-likeness (QED) is 0.493. The Kier molecular flexibility index (Phi) is 5.92. The Morgan fingerprint density at radius 1 is 1.09 bits per heavy atom. The van der Waals surface area contributed by atoms with Crippen molar-refractivity contribution in [3.05, 3.63) is 77.8 Å². The van der Waals surface area contributed by atoms with Crippen LogP contribution in [0.4, 0.5) is 0 Å². The molecule has 1 heterocycles. The maximum Gasteiger partial charge on any atom is 0.261 e. The second kappa shape index (κ2) is 8.65. The van der Waals surface area contributed by atoms with E-state index in [9.17, 15) is 5.11 Å². The molecule has 4 rings (SSSR count). The molecule has 2 aromatic carbocycles. The summed E-state index contributed by atoms with van der Waals surface area (Å²) in [5, 5.41) is 15.5. The van der Waals surface area contributed by atoms with Crippen molar-refractivity contribution in [1.82, 2.24) is 10.1 Å². The van der Waals surface area contributed by atoms with Gasteiger partial charge in [-0.3, -0.25) is 0 Å². The van der Waals surface area contributed by atoms with Crippen LogP contribution in [0.15, 0.2) is 71.0 Å². The van der Waals surface area contributed by atoms with Crippen LogP contribution in [0, 0.1) is 5.92 Å². The van der Waals surface area contributed by atoms with Crippen molar-refractivity contribution in [1.29, 1.82) is 0 Å². The number of rotatable bonds is 5. The second-order valence-electron chi connectivity index (χ2n) is 9.22. The van der Waals surface area contributed by atoms with Crippen LogP contribution in [-0.4, -0.2) is 22.4 Å². The highest BCUT2D eigenvalue weighted by Gasteiger charge is 2.28. The summed E-state index contributed by atoms with van der Waals surface area (Å²) in [5.41, 5.74) is 3.21. The van der Waals surface area contributed by atoms with E-state index in [1.54, 1.807) is 7.11 Å². The van der Waals surface area contributed by atoms with Crippen LogP contribution in [0.2, 0.25) is 0 Å². The van der Waals surface area contributed by atoms with Gasteiger partial charge in [-0.05, 0) is 53.2 Å². The van der Waals surface area contributed by atoms with Crippen molar-refractivity contribution >= 4 is 0 Å². The summed E-state index contributed by atoms with van der Waals surface area (Å²) in [4.78, 5) is 4.71. The van der Waals surface area contributed by atoms with Gasteiger partial charge in [0, 0.05) is 11.5 Å².